The number of aliphatic imine (C=N–C) groups is 1. The standard InChI is InChI=1S/C8H10N2O2/c9-7-3-1-6(5-10-7)2-4-8(11)12/h1-3,5,7H,4,9H2,(H,11,12)/b6-2+. The van der Waals surface area contributed by atoms with Crippen LogP contribution in [0.1, 0.15) is 6.42 Å². The molecule has 0 fully saturated rings. The Kier molecular flexibility index (Phi) is 2.76. The second-order valence-electron chi connectivity index (χ2n) is 2.43. The highest BCUT2D eigenvalue weighted by Crippen LogP contribution is 2.03. The summed E-state index contributed by atoms with van der Waals surface area (Å²) in [6, 6.07) is 0. The van der Waals surface area contributed by atoms with Gasteiger partial charge in [0.1, 0.15) is 6.17 Å². The molecular formula is C8H10N2O2. The van der Waals surface area contributed by atoms with Crippen LogP contribution in [0.25, 0.3) is 0 Å². The lowest BCUT2D eigenvalue weighted by molar-refractivity contribution is -0.136. The van der Waals surface area contributed by atoms with E-state index < -0.39 is 5.97 Å². The first-order valence-electron chi connectivity index (χ1n) is 3.57. The Morgan fingerprint density at radius 3 is 3.08 bits per heavy atom. The first kappa shape index (κ1) is 8.67. The number of nitrogens with two attached hydrogens (primary N) is 1. The monoisotopic (exact) mass is 166 g/mol. The van der Waals surface area contributed by atoms with Crippen LogP contribution in [0, 0.1) is 0 Å². The van der Waals surface area contributed by atoms with Crippen LogP contribution < -0.4 is 5.73 Å². The Hall–Kier alpha value is -1.42. The van der Waals surface area contributed by atoms with Gasteiger partial charge in [0.25, 0.3) is 0 Å². The number of carboxylic acids is 1. The highest BCUT2D eigenvalue weighted by Gasteiger charge is 1.99. The third-order valence-electron chi connectivity index (χ3n) is 1.39. The number of hydrogen-bond acceptors (Lipinski definition) is 3. The molecule has 1 aliphatic heterocycles. The predicted octanol–water partition coefficient (Wildman–Crippen LogP) is 0.313. The smallest absolute Gasteiger partial charge is 0.307 e. The van der Waals surface area contributed by atoms with Crippen LogP contribution in [-0.2, 0) is 4.79 Å². The zero-order valence-corrected chi connectivity index (χ0v) is 6.47. The van der Waals surface area contributed by atoms with Gasteiger partial charge in [0, 0.05) is 6.21 Å². The Labute approximate surface area is 70.1 Å². The number of rotatable bonds is 2. The fourth-order valence-electron chi connectivity index (χ4n) is 0.800. The largest absolute Gasteiger partial charge is 0.481 e. The van der Waals surface area contributed by atoms with E-state index in [4.69, 9.17) is 10.8 Å². The van der Waals surface area contributed by atoms with Gasteiger partial charge in [-0.15, -0.1) is 0 Å². The highest BCUT2D eigenvalue weighted by atomic mass is 16.4. The summed E-state index contributed by atoms with van der Waals surface area (Å²) in [4.78, 5) is 14.1. The van der Waals surface area contributed by atoms with Crippen molar-refractivity contribution in [1.82, 2.24) is 0 Å². The van der Waals surface area contributed by atoms with Crippen molar-refractivity contribution in [2.24, 2.45) is 10.7 Å². The third kappa shape index (κ3) is 2.67. The van der Waals surface area contributed by atoms with Crippen molar-refractivity contribution in [3.8, 4) is 0 Å². The molecule has 12 heavy (non-hydrogen) atoms. The Morgan fingerprint density at radius 2 is 2.58 bits per heavy atom. The summed E-state index contributed by atoms with van der Waals surface area (Å²) in [6.45, 7) is 0. The molecule has 0 spiro atoms. The lowest BCUT2D eigenvalue weighted by Gasteiger charge is -2.04. The summed E-state index contributed by atoms with van der Waals surface area (Å²) in [5, 5.41) is 8.36. The molecule has 4 heteroatoms. The topological polar surface area (TPSA) is 75.7 Å². The van der Waals surface area contributed by atoms with Crippen LogP contribution >= 0.6 is 0 Å². The molecule has 0 saturated heterocycles. The Balaban J connectivity index is 2.55. The molecule has 0 bridgehead atoms. The molecule has 0 aliphatic carbocycles. The minimum atomic E-state index is -0.848. The molecule has 0 amide bonds. The summed E-state index contributed by atoms with van der Waals surface area (Å²) in [7, 11) is 0. The second kappa shape index (κ2) is 3.82. The predicted molar refractivity (Wildman–Crippen MR) is 45.9 cm³/mol. The molecule has 0 radical (unpaired) electrons. The molecule has 0 aromatic heterocycles. The number of carboxylic acid groups (broad SMARTS) is 1. The summed E-state index contributed by atoms with van der Waals surface area (Å²) in [6.07, 6.45) is 6.38. The summed E-state index contributed by atoms with van der Waals surface area (Å²) in [5.41, 5.74) is 6.22. The van der Waals surface area contributed by atoms with E-state index in [9.17, 15) is 4.79 Å². The number of carbonyl (C=O) groups is 1. The van der Waals surface area contributed by atoms with E-state index in [-0.39, 0.29) is 12.6 Å². The van der Waals surface area contributed by atoms with Gasteiger partial charge in [0.2, 0.25) is 0 Å². The van der Waals surface area contributed by atoms with E-state index in [1.807, 2.05) is 0 Å². The van der Waals surface area contributed by atoms with Crippen LogP contribution in [-0.4, -0.2) is 23.5 Å². The van der Waals surface area contributed by atoms with E-state index in [0.717, 1.165) is 5.57 Å². The minimum absolute atomic E-state index is 0.0148. The fraction of sp³-hybridized carbons (Fsp3) is 0.250. The average molecular weight is 166 g/mol. The van der Waals surface area contributed by atoms with Gasteiger partial charge in [-0.3, -0.25) is 9.79 Å². The molecule has 1 heterocycles. The molecular weight excluding hydrogens is 156 g/mol. The van der Waals surface area contributed by atoms with Crippen LogP contribution in [0.3, 0.4) is 0 Å². The zero-order chi connectivity index (χ0) is 8.97. The number of aliphatic carboxylic acids is 1. The molecule has 1 rings (SSSR count). The fourth-order valence-corrected chi connectivity index (χ4v) is 0.800. The van der Waals surface area contributed by atoms with E-state index in [1.54, 1.807) is 24.4 Å². The lowest BCUT2D eigenvalue weighted by Crippen LogP contribution is -2.16. The van der Waals surface area contributed by atoms with Gasteiger partial charge in [-0.05, 0) is 11.6 Å². The van der Waals surface area contributed by atoms with Gasteiger partial charge in [-0.1, -0.05) is 12.2 Å². The van der Waals surface area contributed by atoms with Gasteiger partial charge >= 0.3 is 5.97 Å². The van der Waals surface area contributed by atoms with Crippen LogP contribution in [0.15, 0.2) is 28.8 Å². The molecule has 1 unspecified atom stereocenters. The van der Waals surface area contributed by atoms with Gasteiger partial charge in [0.05, 0.1) is 6.42 Å². The lowest BCUT2D eigenvalue weighted by atomic mass is 10.2. The third-order valence-corrected chi connectivity index (χ3v) is 1.39. The van der Waals surface area contributed by atoms with Crippen molar-refractivity contribution >= 4 is 12.2 Å². The molecule has 0 saturated carbocycles. The molecule has 1 atom stereocenters. The quantitative estimate of drug-likeness (QED) is 0.620. The molecule has 64 valence electrons. The van der Waals surface area contributed by atoms with Crippen molar-refractivity contribution < 1.29 is 9.90 Å². The van der Waals surface area contributed by atoms with Crippen molar-refractivity contribution in [2.75, 3.05) is 0 Å². The Morgan fingerprint density at radius 1 is 1.83 bits per heavy atom. The normalized spacial score (nSPS) is 24.8. The SMILES string of the molecule is NC1C=C/C(=C\CC(=O)O)C=N1. The Bertz CT molecular complexity index is 250. The minimum Gasteiger partial charge on any atom is -0.481 e. The van der Waals surface area contributed by atoms with Crippen molar-refractivity contribution in [1.29, 1.82) is 0 Å². The van der Waals surface area contributed by atoms with Crippen molar-refractivity contribution in [3.63, 3.8) is 0 Å². The average Bonchev–Trinajstić information content (AvgIpc) is 2.03. The van der Waals surface area contributed by atoms with Gasteiger partial charge in [-0.2, -0.15) is 0 Å². The molecule has 0 aromatic rings. The maximum absolute atomic E-state index is 10.2. The molecule has 3 N–H and O–H groups in total. The number of allylic oxidation sites excluding steroid dienone is 2. The second-order valence-corrected chi connectivity index (χ2v) is 2.43. The number of dihydropyridines is 1. The molecule has 4 nitrogen and oxygen atoms in total. The van der Waals surface area contributed by atoms with E-state index >= 15 is 0 Å². The molecule has 1 aliphatic rings. The number of nitrogens with zero attached hydrogens (tertiary/aromatic N) is 1. The van der Waals surface area contributed by atoms with E-state index in [0.29, 0.717) is 0 Å². The highest BCUT2D eigenvalue weighted by molar-refractivity contribution is 5.84. The maximum Gasteiger partial charge on any atom is 0.307 e. The van der Waals surface area contributed by atoms with Crippen LogP contribution in [0.4, 0.5) is 0 Å². The van der Waals surface area contributed by atoms with Gasteiger partial charge in [0.15, 0.2) is 0 Å². The van der Waals surface area contributed by atoms with Crippen molar-refractivity contribution in [2.45, 2.75) is 12.6 Å². The van der Waals surface area contributed by atoms with Crippen LogP contribution in [0.5, 0.6) is 0 Å². The van der Waals surface area contributed by atoms with Crippen LogP contribution in [0.2, 0.25) is 0 Å². The summed E-state index contributed by atoms with van der Waals surface area (Å²) >= 11 is 0. The maximum atomic E-state index is 10.2. The summed E-state index contributed by atoms with van der Waals surface area (Å²) in [5.74, 6) is -0.848. The van der Waals surface area contributed by atoms with E-state index in [1.165, 1.54) is 0 Å². The first-order valence-corrected chi connectivity index (χ1v) is 3.57. The first-order chi connectivity index (χ1) is 5.68. The van der Waals surface area contributed by atoms with Gasteiger partial charge in [-0.25, -0.2) is 0 Å². The van der Waals surface area contributed by atoms with Crippen molar-refractivity contribution in [3.05, 3.63) is 23.8 Å². The molecule has 0 aromatic carbocycles. The number of hydrogen-bond donors (Lipinski definition) is 2. The van der Waals surface area contributed by atoms with E-state index in [2.05, 4.69) is 4.99 Å². The summed E-state index contributed by atoms with van der Waals surface area (Å²) < 4.78 is 0. The van der Waals surface area contributed by atoms with Gasteiger partial charge < -0.3 is 10.8 Å². The zero-order valence-electron chi connectivity index (χ0n) is 6.47.